The van der Waals surface area contributed by atoms with Gasteiger partial charge in [0, 0.05) is 18.7 Å². The summed E-state index contributed by atoms with van der Waals surface area (Å²) in [5.41, 5.74) is 1.93. The predicted octanol–water partition coefficient (Wildman–Crippen LogP) is 4.11. The number of imidazole rings is 1. The van der Waals surface area contributed by atoms with Crippen LogP contribution in [-0.4, -0.2) is 35.8 Å². The molecule has 116 valence electrons. The van der Waals surface area contributed by atoms with Gasteiger partial charge >= 0.3 is 0 Å². The summed E-state index contributed by atoms with van der Waals surface area (Å²) in [5, 5.41) is -0.135. The maximum absolute atomic E-state index is 6.29. The Morgan fingerprint density at radius 1 is 1.29 bits per heavy atom. The average molecular weight is 329 g/mol. The molecule has 0 aliphatic heterocycles. The first-order valence-electron chi connectivity index (χ1n) is 6.87. The fourth-order valence-corrected chi connectivity index (χ4v) is 2.96. The number of rotatable bonds is 7. The van der Waals surface area contributed by atoms with Crippen LogP contribution < -0.4 is 9.47 Å². The number of benzene rings is 1. The maximum Gasteiger partial charge on any atom is 0.163 e. The summed E-state index contributed by atoms with van der Waals surface area (Å²) >= 11 is 8.13. The summed E-state index contributed by atoms with van der Waals surface area (Å²) in [4.78, 5) is 4.66. The number of hydrogen-bond donors (Lipinski definition) is 0. The number of ether oxygens (including phenoxy) is 2. The first kappa shape index (κ1) is 16.3. The molecule has 4 nitrogen and oxygen atoms in total. The largest absolute Gasteiger partial charge is 0.493 e. The fourth-order valence-electron chi connectivity index (χ4n) is 2.38. The molecule has 6 heteroatoms. The van der Waals surface area contributed by atoms with Crippen molar-refractivity contribution in [1.82, 2.24) is 9.55 Å². The van der Waals surface area contributed by atoms with Crippen LogP contribution in [-0.2, 0) is 6.54 Å². The van der Waals surface area contributed by atoms with Crippen LogP contribution in [0.25, 0.3) is 11.0 Å². The SMILES string of the molecule is COc1cc2nc(C(C)Cl)n(CCCSC)c2cc1OC. The zero-order chi connectivity index (χ0) is 15.4. The highest BCUT2D eigenvalue weighted by Crippen LogP contribution is 2.34. The smallest absolute Gasteiger partial charge is 0.163 e. The van der Waals surface area contributed by atoms with Gasteiger partial charge in [-0.2, -0.15) is 11.8 Å². The Labute approximate surface area is 134 Å². The van der Waals surface area contributed by atoms with Crippen molar-refractivity contribution in [1.29, 1.82) is 0 Å². The first-order valence-corrected chi connectivity index (χ1v) is 8.70. The molecule has 0 radical (unpaired) electrons. The van der Waals surface area contributed by atoms with Crippen LogP contribution in [0.2, 0.25) is 0 Å². The number of methoxy groups -OCH3 is 2. The number of nitrogens with zero attached hydrogens (tertiary/aromatic N) is 2. The van der Waals surface area contributed by atoms with Crippen molar-refractivity contribution in [2.45, 2.75) is 25.3 Å². The van der Waals surface area contributed by atoms with E-state index in [0.29, 0.717) is 11.5 Å². The second-order valence-electron chi connectivity index (χ2n) is 4.78. The normalized spacial score (nSPS) is 12.6. The molecule has 0 aliphatic rings. The van der Waals surface area contributed by atoms with Gasteiger partial charge in [-0.05, 0) is 25.4 Å². The predicted molar refractivity (Wildman–Crippen MR) is 90.1 cm³/mol. The van der Waals surface area contributed by atoms with Crippen LogP contribution in [0, 0.1) is 0 Å². The van der Waals surface area contributed by atoms with Crippen molar-refractivity contribution in [2.75, 3.05) is 26.2 Å². The van der Waals surface area contributed by atoms with Gasteiger partial charge in [0.15, 0.2) is 11.5 Å². The molecule has 0 saturated heterocycles. The Balaban J connectivity index is 2.53. The third-order valence-electron chi connectivity index (χ3n) is 3.37. The Kier molecular flexibility index (Phi) is 5.65. The van der Waals surface area contributed by atoms with Gasteiger partial charge in [-0.3, -0.25) is 0 Å². The van der Waals surface area contributed by atoms with E-state index in [1.807, 2.05) is 30.8 Å². The molecule has 21 heavy (non-hydrogen) atoms. The lowest BCUT2D eigenvalue weighted by Crippen LogP contribution is -2.05. The van der Waals surface area contributed by atoms with E-state index in [4.69, 9.17) is 21.1 Å². The van der Waals surface area contributed by atoms with Crippen LogP contribution in [0.1, 0.15) is 24.5 Å². The van der Waals surface area contributed by atoms with E-state index in [1.165, 1.54) is 0 Å². The van der Waals surface area contributed by atoms with Crippen LogP contribution in [0.15, 0.2) is 12.1 Å². The molecule has 0 aliphatic carbocycles. The molecule has 1 atom stereocenters. The van der Waals surface area contributed by atoms with Gasteiger partial charge < -0.3 is 14.0 Å². The molecule has 0 spiro atoms. The monoisotopic (exact) mass is 328 g/mol. The molecule has 1 aromatic carbocycles. The van der Waals surface area contributed by atoms with Crippen molar-refractivity contribution < 1.29 is 9.47 Å². The van der Waals surface area contributed by atoms with Crippen molar-refractivity contribution in [3.8, 4) is 11.5 Å². The molecular weight excluding hydrogens is 308 g/mol. The van der Waals surface area contributed by atoms with Gasteiger partial charge in [-0.1, -0.05) is 0 Å². The van der Waals surface area contributed by atoms with E-state index in [1.54, 1.807) is 14.2 Å². The number of hydrogen-bond acceptors (Lipinski definition) is 4. The minimum absolute atomic E-state index is 0.135. The summed E-state index contributed by atoms with van der Waals surface area (Å²) in [6.45, 7) is 2.85. The summed E-state index contributed by atoms with van der Waals surface area (Å²) in [6.07, 6.45) is 3.20. The highest BCUT2D eigenvalue weighted by atomic mass is 35.5. The molecule has 0 fully saturated rings. The van der Waals surface area contributed by atoms with Gasteiger partial charge in [0.25, 0.3) is 0 Å². The maximum atomic E-state index is 6.29. The third kappa shape index (κ3) is 3.40. The molecule has 0 saturated carbocycles. The van der Waals surface area contributed by atoms with Gasteiger partial charge in [0.2, 0.25) is 0 Å². The Morgan fingerprint density at radius 3 is 2.52 bits per heavy atom. The standard InChI is InChI=1S/C15H21ClN2O2S/c1-10(16)15-17-11-8-13(19-2)14(20-3)9-12(11)18(15)6-5-7-21-4/h8-10H,5-7H2,1-4H3. The summed E-state index contributed by atoms with van der Waals surface area (Å²) in [6, 6.07) is 3.88. The van der Waals surface area contributed by atoms with E-state index in [0.717, 1.165) is 35.6 Å². The first-order chi connectivity index (χ1) is 10.1. The number of aryl methyl sites for hydroxylation is 1. The van der Waals surface area contributed by atoms with Gasteiger partial charge in [0.1, 0.15) is 5.82 Å². The minimum atomic E-state index is -0.135. The lowest BCUT2D eigenvalue weighted by Gasteiger charge is -2.11. The van der Waals surface area contributed by atoms with Crippen molar-refractivity contribution in [2.24, 2.45) is 0 Å². The molecule has 1 aromatic heterocycles. The Bertz CT molecular complexity index is 613. The number of halogens is 1. The summed E-state index contributed by atoms with van der Waals surface area (Å²) < 4.78 is 12.9. The highest BCUT2D eigenvalue weighted by molar-refractivity contribution is 7.98. The van der Waals surface area contributed by atoms with Crippen LogP contribution >= 0.6 is 23.4 Å². The number of aromatic nitrogens is 2. The van der Waals surface area contributed by atoms with E-state index >= 15 is 0 Å². The quantitative estimate of drug-likeness (QED) is 0.566. The van der Waals surface area contributed by atoms with E-state index in [-0.39, 0.29) is 5.38 Å². The summed E-state index contributed by atoms with van der Waals surface area (Å²) in [5.74, 6) is 3.41. The fraction of sp³-hybridized carbons (Fsp3) is 0.533. The van der Waals surface area contributed by atoms with Crippen molar-refractivity contribution in [3.05, 3.63) is 18.0 Å². The Hall–Kier alpha value is -1.07. The molecule has 0 amide bonds. The number of alkyl halides is 1. The van der Waals surface area contributed by atoms with Crippen LogP contribution in [0.5, 0.6) is 11.5 Å². The molecular formula is C15H21ClN2O2S. The highest BCUT2D eigenvalue weighted by Gasteiger charge is 2.17. The van der Waals surface area contributed by atoms with Crippen molar-refractivity contribution in [3.63, 3.8) is 0 Å². The molecule has 2 rings (SSSR count). The zero-order valence-corrected chi connectivity index (χ0v) is 14.4. The zero-order valence-electron chi connectivity index (χ0n) is 12.9. The molecule has 0 N–H and O–H groups in total. The lowest BCUT2D eigenvalue weighted by molar-refractivity contribution is 0.355. The van der Waals surface area contributed by atoms with Gasteiger partial charge in [-0.15, -0.1) is 11.6 Å². The second kappa shape index (κ2) is 7.27. The third-order valence-corrected chi connectivity index (χ3v) is 4.26. The second-order valence-corrected chi connectivity index (χ2v) is 6.42. The minimum Gasteiger partial charge on any atom is -0.493 e. The Morgan fingerprint density at radius 2 is 1.95 bits per heavy atom. The average Bonchev–Trinajstić information content (AvgIpc) is 2.84. The van der Waals surface area contributed by atoms with Crippen LogP contribution in [0.4, 0.5) is 0 Å². The van der Waals surface area contributed by atoms with Crippen LogP contribution in [0.3, 0.4) is 0 Å². The number of thioether (sulfide) groups is 1. The van der Waals surface area contributed by atoms with E-state index < -0.39 is 0 Å². The van der Waals surface area contributed by atoms with E-state index in [9.17, 15) is 0 Å². The van der Waals surface area contributed by atoms with Gasteiger partial charge in [0.05, 0.1) is 30.6 Å². The topological polar surface area (TPSA) is 36.3 Å². The lowest BCUT2D eigenvalue weighted by atomic mass is 10.2. The van der Waals surface area contributed by atoms with E-state index in [2.05, 4.69) is 15.8 Å². The summed E-state index contributed by atoms with van der Waals surface area (Å²) in [7, 11) is 3.27. The van der Waals surface area contributed by atoms with Gasteiger partial charge in [-0.25, -0.2) is 4.98 Å². The molecule has 2 aromatic rings. The van der Waals surface area contributed by atoms with Crippen molar-refractivity contribution >= 4 is 34.4 Å². The molecule has 0 bridgehead atoms. The molecule has 1 heterocycles. The molecule has 1 unspecified atom stereocenters. The number of fused-ring (bicyclic) bond motifs is 1.